The van der Waals surface area contributed by atoms with Crippen molar-refractivity contribution in [1.29, 1.82) is 0 Å². The minimum atomic E-state index is -0.667. The van der Waals surface area contributed by atoms with Crippen LogP contribution in [0.3, 0.4) is 0 Å². The van der Waals surface area contributed by atoms with Crippen molar-refractivity contribution in [3.63, 3.8) is 0 Å². The Kier molecular flexibility index (Phi) is 62.4. The van der Waals surface area contributed by atoms with Crippen molar-refractivity contribution in [2.24, 2.45) is 0 Å². The smallest absolute Gasteiger partial charge is 0.305 e. The fourth-order valence-electron chi connectivity index (χ4n) is 11.0. The summed E-state index contributed by atoms with van der Waals surface area (Å²) in [6.45, 7) is 4.99. The Morgan fingerprint density at radius 2 is 0.562 bits per heavy atom. The van der Waals surface area contributed by atoms with Gasteiger partial charge in [-0.25, -0.2) is 0 Å². The molecule has 2 unspecified atom stereocenters. The molecule has 6 nitrogen and oxygen atoms in total. The molecule has 3 N–H and O–H groups in total. The van der Waals surface area contributed by atoms with E-state index in [1.807, 2.05) is 0 Å². The summed E-state index contributed by atoms with van der Waals surface area (Å²) in [4.78, 5) is 24.6. The number of aliphatic hydroxyl groups excluding tert-OH is 2. The zero-order valence-corrected chi connectivity index (χ0v) is 49.9. The summed E-state index contributed by atoms with van der Waals surface area (Å²) in [5, 5.41) is 23.4. The molecule has 0 bridgehead atoms. The van der Waals surface area contributed by atoms with E-state index in [1.165, 1.54) is 321 Å². The first-order valence-corrected chi connectivity index (χ1v) is 33.8. The Morgan fingerprint density at radius 1 is 0.329 bits per heavy atom. The van der Waals surface area contributed by atoms with Crippen LogP contribution < -0.4 is 5.32 Å². The Hall–Kier alpha value is -1.14. The van der Waals surface area contributed by atoms with Crippen LogP contribution in [0.5, 0.6) is 0 Å². The molecule has 0 fully saturated rings. The van der Waals surface area contributed by atoms with Gasteiger partial charge in [-0.05, 0) is 25.7 Å². The zero-order valence-electron chi connectivity index (χ0n) is 49.9. The van der Waals surface area contributed by atoms with E-state index in [-0.39, 0.29) is 18.5 Å². The summed E-state index contributed by atoms with van der Waals surface area (Å²) in [7, 11) is 0. The lowest BCUT2D eigenvalue weighted by Gasteiger charge is -2.22. The quantitative estimate of drug-likeness (QED) is 0.0417. The van der Waals surface area contributed by atoms with E-state index >= 15 is 0 Å². The van der Waals surface area contributed by atoms with Crippen LogP contribution in [0.4, 0.5) is 0 Å². The van der Waals surface area contributed by atoms with E-state index in [0.717, 1.165) is 38.5 Å². The van der Waals surface area contributed by atoms with E-state index in [0.29, 0.717) is 25.9 Å². The number of ether oxygens (including phenoxy) is 1. The van der Waals surface area contributed by atoms with Crippen LogP contribution in [0.1, 0.15) is 393 Å². The first-order valence-electron chi connectivity index (χ1n) is 33.8. The standard InChI is InChI=1S/C67H133NO5/c1-3-5-7-9-11-13-15-17-19-20-21-22-23-24-25-26-29-32-35-39-43-47-51-55-59-65(70)64(63-69)68-66(71)60-56-52-48-44-40-36-33-30-27-28-31-34-38-42-46-50-54-58-62-73-67(72)61-57-53-49-45-41-37-18-16-14-12-10-8-6-4-2/h64-65,69-70H,3-63H2,1-2H3,(H,68,71). The average Bonchev–Trinajstić information content (AvgIpc) is 3.39. The Morgan fingerprint density at radius 3 is 0.836 bits per heavy atom. The Balaban J connectivity index is 3.39. The van der Waals surface area contributed by atoms with Crippen LogP contribution in [-0.4, -0.2) is 47.4 Å². The Bertz CT molecular complexity index is 1050. The van der Waals surface area contributed by atoms with Gasteiger partial charge in [0.15, 0.2) is 0 Å². The Labute approximate surface area is 457 Å². The molecule has 0 aromatic heterocycles. The second-order valence-electron chi connectivity index (χ2n) is 23.5. The SMILES string of the molecule is CCCCCCCCCCCCCCCCCCCCCCCCCCC(O)C(CO)NC(=O)CCCCCCCCCCCCCCCCCCCCOC(=O)CCCCCCCCCCCCCCCC. The van der Waals surface area contributed by atoms with Gasteiger partial charge in [-0.2, -0.15) is 0 Å². The first-order chi connectivity index (χ1) is 36.0. The highest BCUT2D eigenvalue weighted by Gasteiger charge is 2.20. The summed E-state index contributed by atoms with van der Waals surface area (Å²) >= 11 is 0. The maximum atomic E-state index is 12.5. The van der Waals surface area contributed by atoms with E-state index in [4.69, 9.17) is 4.74 Å². The lowest BCUT2D eigenvalue weighted by atomic mass is 10.0. The van der Waals surface area contributed by atoms with Crippen LogP contribution in [-0.2, 0) is 14.3 Å². The molecule has 73 heavy (non-hydrogen) atoms. The molecular weight excluding hydrogens is 899 g/mol. The van der Waals surface area contributed by atoms with Gasteiger partial charge in [-0.3, -0.25) is 9.59 Å². The van der Waals surface area contributed by atoms with Crippen molar-refractivity contribution in [2.45, 2.75) is 405 Å². The van der Waals surface area contributed by atoms with Gasteiger partial charge in [0.2, 0.25) is 5.91 Å². The van der Waals surface area contributed by atoms with Gasteiger partial charge in [0.25, 0.3) is 0 Å². The molecule has 0 radical (unpaired) electrons. The van der Waals surface area contributed by atoms with Crippen molar-refractivity contribution in [3.05, 3.63) is 0 Å². The molecule has 0 spiro atoms. The summed E-state index contributed by atoms with van der Waals surface area (Å²) in [6, 6.07) is -0.545. The molecule has 0 aromatic carbocycles. The van der Waals surface area contributed by atoms with Crippen molar-refractivity contribution in [2.75, 3.05) is 13.2 Å². The van der Waals surface area contributed by atoms with Crippen molar-refractivity contribution < 1.29 is 24.5 Å². The molecule has 0 rings (SSSR count). The monoisotopic (exact) mass is 1030 g/mol. The topological polar surface area (TPSA) is 95.9 Å². The van der Waals surface area contributed by atoms with Gasteiger partial charge in [0.05, 0.1) is 25.4 Å². The fraction of sp³-hybridized carbons (Fsp3) is 0.970. The largest absolute Gasteiger partial charge is 0.466 e. The first kappa shape index (κ1) is 71.9. The minimum Gasteiger partial charge on any atom is -0.466 e. The highest BCUT2D eigenvalue weighted by molar-refractivity contribution is 5.76. The number of esters is 1. The minimum absolute atomic E-state index is 0.0113. The normalized spacial score (nSPS) is 12.4. The summed E-state index contributed by atoms with van der Waals surface area (Å²) < 4.78 is 5.49. The van der Waals surface area contributed by atoms with E-state index in [2.05, 4.69) is 19.2 Å². The van der Waals surface area contributed by atoms with Crippen LogP contribution in [0, 0.1) is 0 Å². The number of rotatable bonds is 64. The number of hydrogen-bond donors (Lipinski definition) is 3. The third kappa shape index (κ3) is 60.0. The predicted molar refractivity (Wildman–Crippen MR) is 320 cm³/mol. The van der Waals surface area contributed by atoms with Gasteiger partial charge in [0.1, 0.15) is 0 Å². The second-order valence-corrected chi connectivity index (χ2v) is 23.5. The summed E-state index contributed by atoms with van der Waals surface area (Å²) in [5.74, 6) is -0.0220. The molecule has 0 heterocycles. The molecule has 0 saturated carbocycles. The zero-order chi connectivity index (χ0) is 52.9. The van der Waals surface area contributed by atoms with Crippen molar-refractivity contribution >= 4 is 11.9 Å². The molecule has 6 heteroatoms. The number of unbranched alkanes of at least 4 members (excludes halogenated alkanes) is 53. The molecule has 0 aromatic rings. The molecule has 0 aliphatic heterocycles. The molecule has 2 atom stereocenters. The van der Waals surface area contributed by atoms with Crippen LogP contribution >= 0.6 is 0 Å². The molecule has 436 valence electrons. The van der Waals surface area contributed by atoms with E-state index in [1.54, 1.807) is 0 Å². The summed E-state index contributed by atoms with van der Waals surface area (Å²) in [5.41, 5.74) is 0. The highest BCUT2D eigenvalue weighted by Crippen LogP contribution is 2.19. The van der Waals surface area contributed by atoms with Gasteiger partial charge in [-0.1, -0.05) is 354 Å². The third-order valence-electron chi connectivity index (χ3n) is 16.2. The molecule has 0 aliphatic rings. The lowest BCUT2D eigenvalue weighted by Crippen LogP contribution is -2.45. The second kappa shape index (κ2) is 63.4. The van der Waals surface area contributed by atoms with Crippen LogP contribution in [0.2, 0.25) is 0 Å². The van der Waals surface area contributed by atoms with Gasteiger partial charge < -0.3 is 20.3 Å². The molecular formula is C67H133NO5. The average molecular weight is 1030 g/mol. The number of aliphatic hydroxyl groups is 2. The lowest BCUT2D eigenvalue weighted by molar-refractivity contribution is -0.143. The van der Waals surface area contributed by atoms with Gasteiger partial charge in [0, 0.05) is 12.8 Å². The number of hydrogen-bond acceptors (Lipinski definition) is 5. The van der Waals surface area contributed by atoms with Crippen LogP contribution in [0.15, 0.2) is 0 Å². The van der Waals surface area contributed by atoms with Crippen molar-refractivity contribution in [1.82, 2.24) is 5.32 Å². The maximum absolute atomic E-state index is 12.5. The number of carbonyl (C=O) groups excluding carboxylic acids is 2. The fourth-order valence-corrected chi connectivity index (χ4v) is 11.0. The van der Waals surface area contributed by atoms with E-state index < -0.39 is 12.1 Å². The number of amides is 1. The number of nitrogens with one attached hydrogen (secondary N) is 1. The van der Waals surface area contributed by atoms with Gasteiger partial charge in [-0.15, -0.1) is 0 Å². The van der Waals surface area contributed by atoms with Crippen molar-refractivity contribution in [3.8, 4) is 0 Å². The van der Waals surface area contributed by atoms with E-state index in [9.17, 15) is 19.8 Å². The van der Waals surface area contributed by atoms with Gasteiger partial charge >= 0.3 is 5.97 Å². The summed E-state index contributed by atoms with van der Waals surface area (Å²) in [6.07, 6.45) is 75.6. The van der Waals surface area contributed by atoms with Crippen LogP contribution in [0.25, 0.3) is 0 Å². The molecule has 0 aliphatic carbocycles. The molecule has 0 saturated heterocycles. The number of carbonyl (C=O) groups is 2. The molecule has 1 amide bonds. The maximum Gasteiger partial charge on any atom is 0.305 e. The third-order valence-corrected chi connectivity index (χ3v) is 16.2. The highest BCUT2D eigenvalue weighted by atomic mass is 16.5. The predicted octanol–water partition coefficient (Wildman–Crippen LogP) is 21.4.